The first-order valence-electron chi connectivity index (χ1n) is 7.94. The Kier molecular flexibility index (Phi) is 6.16. The fourth-order valence-corrected chi connectivity index (χ4v) is 3.13. The van der Waals surface area contributed by atoms with Crippen LogP contribution in [0.4, 0.5) is 11.4 Å². The predicted octanol–water partition coefficient (Wildman–Crippen LogP) is 4.68. The highest BCUT2D eigenvalue weighted by Gasteiger charge is 2.22. The average Bonchev–Trinajstić information content (AvgIpc) is 2.53. The number of hydrogen-bond acceptors (Lipinski definition) is 4. The van der Waals surface area contributed by atoms with Crippen LogP contribution in [0.3, 0.4) is 0 Å². The largest absolute Gasteiger partial charge is 0.449 e. The van der Waals surface area contributed by atoms with E-state index in [1.165, 1.54) is 19.1 Å². The second-order valence-electron chi connectivity index (χ2n) is 6.16. The highest BCUT2D eigenvalue weighted by atomic mass is 35.5. The smallest absolute Gasteiger partial charge is 0.341 e. The van der Waals surface area contributed by atoms with Crippen LogP contribution in [0, 0.1) is 20.8 Å². The lowest BCUT2D eigenvalue weighted by atomic mass is 10.0. The summed E-state index contributed by atoms with van der Waals surface area (Å²) in [5.74, 6) is -1.22. The number of rotatable bonds is 4. The van der Waals surface area contributed by atoms with E-state index in [1.807, 2.05) is 32.9 Å². The fraction of sp³-hybridized carbons (Fsp3) is 0.263. The summed E-state index contributed by atoms with van der Waals surface area (Å²) in [6.45, 7) is 7.27. The Hall–Kier alpha value is -2.24. The number of carbonyl (C=O) groups excluding carboxylic acids is 2. The van der Waals surface area contributed by atoms with Crippen LogP contribution in [-0.4, -0.2) is 18.0 Å². The Morgan fingerprint density at radius 1 is 1.08 bits per heavy atom. The van der Waals surface area contributed by atoms with E-state index in [0.717, 1.165) is 16.7 Å². The molecule has 5 nitrogen and oxygen atoms in total. The molecule has 26 heavy (non-hydrogen) atoms. The molecule has 0 aliphatic rings. The zero-order chi connectivity index (χ0) is 19.6. The number of hydrogen-bond donors (Lipinski definition) is 2. The van der Waals surface area contributed by atoms with Crippen LogP contribution < -0.4 is 11.1 Å². The quantitative estimate of drug-likeness (QED) is 0.582. The van der Waals surface area contributed by atoms with Gasteiger partial charge in [-0.3, -0.25) is 4.79 Å². The van der Waals surface area contributed by atoms with Crippen LogP contribution in [0.25, 0.3) is 0 Å². The summed E-state index contributed by atoms with van der Waals surface area (Å²) in [6, 6.07) is 6.71. The van der Waals surface area contributed by atoms with Crippen molar-refractivity contribution in [3.8, 4) is 0 Å². The molecule has 7 heteroatoms. The molecule has 2 rings (SSSR count). The van der Waals surface area contributed by atoms with Gasteiger partial charge in [-0.25, -0.2) is 4.79 Å². The molecule has 0 saturated carbocycles. The van der Waals surface area contributed by atoms with Gasteiger partial charge in [0.2, 0.25) is 0 Å². The van der Waals surface area contributed by atoms with E-state index >= 15 is 0 Å². The van der Waals surface area contributed by atoms with Crippen molar-refractivity contribution in [3.05, 3.63) is 56.6 Å². The minimum absolute atomic E-state index is 0.0184. The van der Waals surface area contributed by atoms with Gasteiger partial charge in [0.1, 0.15) is 0 Å². The van der Waals surface area contributed by atoms with Gasteiger partial charge in [0.25, 0.3) is 5.91 Å². The minimum Gasteiger partial charge on any atom is -0.449 e. The van der Waals surface area contributed by atoms with E-state index in [4.69, 9.17) is 33.7 Å². The molecule has 0 aromatic heterocycles. The van der Waals surface area contributed by atoms with Crippen LogP contribution in [-0.2, 0) is 9.53 Å². The van der Waals surface area contributed by atoms with E-state index in [0.29, 0.717) is 5.69 Å². The molecular weight excluding hydrogens is 375 g/mol. The minimum atomic E-state index is -1.03. The van der Waals surface area contributed by atoms with Gasteiger partial charge in [-0.2, -0.15) is 0 Å². The fourth-order valence-electron chi connectivity index (χ4n) is 2.63. The molecule has 0 unspecified atom stereocenters. The number of amides is 1. The molecular formula is C19H20Cl2N2O3. The van der Waals surface area contributed by atoms with E-state index in [2.05, 4.69) is 5.32 Å². The van der Waals surface area contributed by atoms with Crippen LogP contribution in [0.15, 0.2) is 24.3 Å². The molecule has 0 aliphatic heterocycles. The van der Waals surface area contributed by atoms with Crippen LogP contribution >= 0.6 is 23.2 Å². The standard InChI is InChI=1S/C19H20Cl2N2O3/c1-9-5-10(2)17(11(3)6-9)23-18(24)12(4)26-19(25)14-7-13(20)8-15(21)16(14)22/h5-8,12H,22H2,1-4H3,(H,23,24)/t12-/m1/s1. The van der Waals surface area contributed by atoms with Crippen molar-refractivity contribution in [2.45, 2.75) is 33.8 Å². The molecule has 0 aliphatic carbocycles. The maximum absolute atomic E-state index is 12.4. The van der Waals surface area contributed by atoms with E-state index < -0.39 is 18.0 Å². The second kappa shape index (κ2) is 7.98. The highest BCUT2D eigenvalue weighted by Crippen LogP contribution is 2.28. The van der Waals surface area contributed by atoms with Crippen LogP contribution in [0.1, 0.15) is 34.0 Å². The molecule has 1 atom stereocenters. The zero-order valence-corrected chi connectivity index (χ0v) is 16.5. The summed E-state index contributed by atoms with van der Waals surface area (Å²) in [5.41, 5.74) is 9.53. The zero-order valence-electron chi connectivity index (χ0n) is 14.9. The SMILES string of the molecule is Cc1cc(C)c(NC(=O)[C@@H](C)OC(=O)c2cc(Cl)cc(Cl)c2N)c(C)c1. The molecule has 3 N–H and O–H groups in total. The molecule has 0 heterocycles. The van der Waals surface area contributed by atoms with Gasteiger partial charge in [0.05, 0.1) is 16.3 Å². The Morgan fingerprint density at radius 2 is 1.65 bits per heavy atom. The number of esters is 1. The summed E-state index contributed by atoms with van der Waals surface area (Å²) < 4.78 is 5.22. The molecule has 138 valence electrons. The van der Waals surface area contributed by atoms with Crippen molar-refractivity contribution in [2.24, 2.45) is 0 Å². The first kappa shape index (κ1) is 20.1. The molecule has 0 radical (unpaired) electrons. The number of nitrogens with two attached hydrogens (primary N) is 1. The van der Waals surface area contributed by atoms with Gasteiger partial charge in [-0.15, -0.1) is 0 Å². The molecule has 0 saturated heterocycles. The van der Waals surface area contributed by atoms with Gasteiger partial charge in [0, 0.05) is 10.7 Å². The van der Waals surface area contributed by atoms with Gasteiger partial charge < -0.3 is 15.8 Å². The third-order valence-corrected chi connectivity index (χ3v) is 4.42. The average molecular weight is 395 g/mol. The number of carbonyl (C=O) groups is 2. The second-order valence-corrected chi connectivity index (χ2v) is 7.00. The first-order valence-corrected chi connectivity index (χ1v) is 8.70. The number of benzene rings is 2. The lowest BCUT2D eigenvalue weighted by molar-refractivity contribution is -0.123. The third kappa shape index (κ3) is 4.48. The van der Waals surface area contributed by atoms with Crippen molar-refractivity contribution in [1.29, 1.82) is 0 Å². The van der Waals surface area contributed by atoms with Crippen molar-refractivity contribution in [2.75, 3.05) is 11.1 Å². The van der Waals surface area contributed by atoms with Gasteiger partial charge in [0.15, 0.2) is 6.10 Å². The molecule has 0 bridgehead atoms. The molecule has 0 fully saturated rings. The molecule has 0 spiro atoms. The molecule has 2 aromatic rings. The Morgan fingerprint density at radius 3 is 2.23 bits per heavy atom. The highest BCUT2D eigenvalue weighted by molar-refractivity contribution is 6.37. The summed E-state index contributed by atoms with van der Waals surface area (Å²) in [7, 11) is 0. The van der Waals surface area contributed by atoms with Crippen molar-refractivity contribution in [1.82, 2.24) is 0 Å². The topological polar surface area (TPSA) is 81.4 Å². The van der Waals surface area contributed by atoms with Gasteiger partial charge >= 0.3 is 5.97 Å². The summed E-state index contributed by atoms with van der Waals surface area (Å²) in [6.07, 6.45) is -1.03. The Balaban J connectivity index is 2.14. The van der Waals surface area contributed by atoms with Crippen LogP contribution in [0.5, 0.6) is 0 Å². The molecule has 1 amide bonds. The number of nitrogen functional groups attached to an aromatic ring is 1. The van der Waals surface area contributed by atoms with Crippen LogP contribution in [0.2, 0.25) is 10.0 Å². The summed E-state index contributed by atoms with van der Waals surface area (Å²) >= 11 is 11.8. The van der Waals surface area contributed by atoms with Gasteiger partial charge in [-0.05, 0) is 51.0 Å². The lowest BCUT2D eigenvalue weighted by Gasteiger charge is -2.17. The van der Waals surface area contributed by atoms with Crippen molar-refractivity contribution >= 4 is 46.5 Å². The van der Waals surface area contributed by atoms with E-state index in [1.54, 1.807) is 0 Å². The lowest BCUT2D eigenvalue weighted by Crippen LogP contribution is -2.30. The number of anilines is 2. The number of nitrogens with one attached hydrogen (secondary N) is 1. The predicted molar refractivity (Wildman–Crippen MR) is 105 cm³/mol. The molecule has 2 aromatic carbocycles. The Labute approximate surface area is 162 Å². The summed E-state index contributed by atoms with van der Waals surface area (Å²) in [4.78, 5) is 24.7. The van der Waals surface area contributed by atoms with E-state index in [9.17, 15) is 9.59 Å². The third-order valence-electron chi connectivity index (χ3n) is 3.89. The maximum Gasteiger partial charge on any atom is 0.341 e. The number of aryl methyl sites for hydroxylation is 3. The number of ether oxygens (including phenoxy) is 1. The summed E-state index contributed by atoms with van der Waals surface area (Å²) in [5, 5.41) is 3.20. The Bertz CT molecular complexity index is 858. The van der Waals surface area contributed by atoms with E-state index in [-0.39, 0.29) is 21.3 Å². The maximum atomic E-state index is 12.4. The monoisotopic (exact) mass is 394 g/mol. The number of halogens is 2. The van der Waals surface area contributed by atoms with Crippen molar-refractivity contribution in [3.63, 3.8) is 0 Å². The normalized spacial score (nSPS) is 11.8. The first-order chi connectivity index (χ1) is 12.1. The van der Waals surface area contributed by atoms with Crippen molar-refractivity contribution < 1.29 is 14.3 Å². The van der Waals surface area contributed by atoms with Gasteiger partial charge in [-0.1, -0.05) is 40.9 Å².